The Morgan fingerprint density at radius 1 is 1.41 bits per heavy atom. The molecule has 2 aromatic rings. The molecule has 0 aliphatic heterocycles. The van der Waals surface area contributed by atoms with Gasteiger partial charge in [0, 0.05) is 22.1 Å². The molecule has 1 N–H and O–H groups in total. The van der Waals surface area contributed by atoms with Gasteiger partial charge in [-0.25, -0.2) is 0 Å². The maximum atomic E-state index is 5.21. The van der Waals surface area contributed by atoms with Gasteiger partial charge in [0.15, 0.2) is 0 Å². The zero-order valence-corrected chi connectivity index (χ0v) is 11.0. The normalized spacial score (nSPS) is 12.4. The number of hydrogen-bond donors (Lipinski definition) is 1. The molecule has 1 unspecified atom stereocenters. The van der Waals surface area contributed by atoms with Crippen LogP contribution in [0.25, 0.3) is 0 Å². The summed E-state index contributed by atoms with van der Waals surface area (Å²) < 4.78 is 5.21. The Bertz CT molecular complexity index is 478. The van der Waals surface area contributed by atoms with E-state index < -0.39 is 0 Å². The molecular formula is C13H16N2OS. The molecule has 3 nitrogen and oxygen atoms in total. The van der Waals surface area contributed by atoms with Gasteiger partial charge in [-0.3, -0.25) is 4.98 Å². The van der Waals surface area contributed by atoms with Crippen molar-refractivity contribution in [2.24, 2.45) is 0 Å². The summed E-state index contributed by atoms with van der Waals surface area (Å²) in [5.41, 5.74) is 2.20. The molecule has 90 valence electrons. The summed E-state index contributed by atoms with van der Waals surface area (Å²) in [6.07, 6.45) is 1.92. The van der Waals surface area contributed by atoms with Crippen molar-refractivity contribution in [3.63, 3.8) is 0 Å². The highest BCUT2D eigenvalue weighted by Gasteiger charge is 2.14. The molecule has 0 amide bonds. The van der Waals surface area contributed by atoms with Gasteiger partial charge in [0.25, 0.3) is 0 Å². The Morgan fingerprint density at radius 3 is 2.76 bits per heavy atom. The average molecular weight is 248 g/mol. The minimum atomic E-state index is 0.178. The molecular weight excluding hydrogens is 232 g/mol. The lowest BCUT2D eigenvalue weighted by atomic mass is 10.1. The van der Waals surface area contributed by atoms with Gasteiger partial charge in [0.1, 0.15) is 5.75 Å². The van der Waals surface area contributed by atoms with Crippen LogP contribution in [0.2, 0.25) is 0 Å². The Labute approximate surface area is 105 Å². The van der Waals surface area contributed by atoms with Crippen LogP contribution in [0.4, 0.5) is 0 Å². The fourth-order valence-corrected chi connectivity index (χ4v) is 2.71. The van der Waals surface area contributed by atoms with Crippen molar-refractivity contribution in [3.8, 4) is 5.75 Å². The first kappa shape index (κ1) is 12.1. The van der Waals surface area contributed by atoms with E-state index in [2.05, 4.69) is 22.4 Å². The smallest absolute Gasteiger partial charge is 0.129 e. The second kappa shape index (κ2) is 5.29. The van der Waals surface area contributed by atoms with E-state index in [-0.39, 0.29) is 6.04 Å². The first-order valence-corrected chi connectivity index (χ1v) is 6.35. The lowest BCUT2D eigenvalue weighted by Crippen LogP contribution is -2.16. The van der Waals surface area contributed by atoms with E-state index in [1.807, 2.05) is 31.6 Å². The van der Waals surface area contributed by atoms with Gasteiger partial charge >= 0.3 is 0 Å². The maximum Gasteiger partial charge on any atom is 0.129 e. The molecule has 0 radical (unpaired) electrons. The van der Waals surface area contributed by atoms with Crippen molar-refractivity contribution in [1.82, 2.24) is 10.3 Å². The van der Waals surface area contributed by atoms with Gasteiger partial charge in [0.2, 0.25) is 0 Å². The number of rotatable bonds is 4. The van der Waals surface area contributed by atoms with Crippen LogP contribution in [0.15, 0.2) is 29.8 Å². The van der Waals surface area contributed by atoms with E-state index in [0.717, 1.165) is 11.4 Å². The molecule has 0 saturated carbocycles. The monoisotopic (exact) mass is 248 g/mol. The fourth-order valence-electron chi connectivity index (χ4n) is 1.72. The third kappa shape index (κ3) is 2.65. The Balaban J connectivity index is 2.29. The van der Waals surface area contributed by atoms with E-state index in [0.29, 0.717) is 0 Å². The van der Waals surface area contributed by atoms with Crippen molar-refractivity contribution in [1.29, 1.82) is 0 Å². The average Bonchev–Trinajstić information content (AvgIpc) is 2.81. The molecule has 0 spiro atoms. The second-order valence-corrected chi connectivity index (χ2v) is 4.79. The molecule has 2 heterocycles. The molecule has 0 fully saturated rings. The van der Waals surface area contributed by atoms with Gasteiger partial charge in [-0.1, -0.05) is 6.07 Å². The number of nitrogens with zero attached hydrogens (tertiary/aromatic N) is 1. The van der Waals surface area contributed by atoms with E-state index >= 15 is 0 Å². The Hall–Kier alpha value is -1.39. The summed E-state index contributed by atoms with van der Waals surface area (Å²) in [5, 5.41) is 5.32. The van der Waals surface area contributed by atoms with E-state index in [9.17, 15) is 0 Å². The van der Waals surface area contributed by atoms with Crippen molar-refractivity contribution >= 4 is 11.3 Å². The van der Waals surface area contributed by atoms with Crippen LogP contribution in [0.1, 0.15) is 22.2 Å². The summed E-state index contributed by atoms with van der Waals surface area (Å²) in [6, 6.07) is 6.38. The highest BCUT2D eigenvalue weighted by Crippen LogP contribution is 2.30. The number of pyridine rings is 1. The number of ether oxygens (including phenoxy) is 1. The van der Waals surface area contributed by atoms with Crippen molar-refractivity contribution in [2.75, 3.05) is 14.2 Å². The Morgan fingerprint density at radius 2 is 2.24 bits per heavy atom. The predicted octanol–water partition coefficient (Wildman–Crippen LogP) is 2.77. The molecule has 0 aliphatic rings. The zero-order chi connectivity index (χ0) is 12.3. The van der Waals surface area contributed by atoms with Crippen LogP contribution in [0.5, 0.6) is 5.75 Å². The van der Waals surface area contributed by atoms with Crippen molar-refractivity contribution in [3.05, 3.63) is 45.9 Å². The fraction of sp³-hybridized carbons (Fsp3) is 0.308. The Kier molecular flexibility index (Phi) is 3.76. The molecule has 0 bridgehead atoms. The first-order chi connectivity index (χ1) is 8.24. The van der Waals surface area contributed by atoms with Gasteiger partial charge in [-0.2, -0.15) is 0 Å². The molecule has 1 atom stereocenters. The SMILES string of the molecule is CNC(c1ccc(C)nc1)c1cc(OC)cs1. The number of methoxy groups -OCH3 is 1. The third-order valence-corrected chi connectivity index (χ3v) is 3.65. The number of aryl methyl sites for hydroxylation is 1. The summed E-state index contributed by atoms with van der Waals surface area (Å²) in [4.78, 5) is 5.57. The molecule has 4 heteroatoms. The minimum absolute atomic E-state index is 0.178. The molecule has 2 aromatic heterocycles. The standard InChI is InChI=1S/C13H16N2OS/c1-9-4-5-10(7-15-9)13(14-2)12-6-11(16-3)8-17-12/h4-8,13-14H,1-3H3. The number of nitrogens with one attached hydrogen (secondary N) is 1. The summed E-state index contributed by atoms with van der Waals surface area (Å²) in [7, 11) is 3.64. The predicted molar refractivity (Wildman–Crippen MR) is 70.7 cm³/mol. The van der Waals surface area contributed by atoms with Gasteiger partial charge in [0.05, 0.1) is 13.2 Å². The van der Waals surface area contributed by atoms with E-state index in [4.69, 9.17) is 4.74 Å². The first-order valence-electron chi connectivity index (χ1n) is 5.47. The highest BCUT2D eigenvalue weighted by molar-refractivity contribution is 7.10. The number of aromatic nitrogens is 1. The van der Waals surface area contributed by atoms with Crippen LogP contribution in [0.3, 0.4) is 0 Å². The van der Waals surface area contributed by atoms with Crippen LogP contribution < -0.4 is 10.1 Å². The number of thiophene rings is 1. The van der Waals surface area contributed by atoms with E-state index in [1.54, 1.807) is 18.4 Å². The number of hydrogen-bond acceptors (Lipinski definition) is 4. The van der Waals surface area contributed by atoms with Crippen molar-refractivity contribution in [2.45, 2.75) is 13.0 Å². The third-order valence-electron chi connectivity index (χ3n) is 2.67. The largest absolute Gasteiger partial charge is 0.496 e. The van der Waals surface area contributed by atoms with Gasteiger partial charge in [-0.05, 0) is 31.7 Å². The molecule has 2 rings (SSSR count). The van der Waals surface area contributed by atoms with Crippen LogP contribution >= 0.6 is 11.3 Å². The summed E-state index contributed by atoms with van der Waals surface area (Å²) >= 11 is 1.69. The van der Waals surface area contributed by atoms with Gasteiger partial charge in [-0.15, -0.1) is 11.3 Å². The topological polar surface area (TPSA) is 34.2 Å². The van der Waals surface area contributed by atoms with Crippen LogP contribution in [-0.2, 0) is 0 Å². The maximum absolute atomic E-state index is 5.21. The molecule has 0 aromatic carbocycles. The summed E-state index contributed by atoms with van der Waals surface area (Å²) in [5.74, 6) is 0.908. The molecule has 0 saturated heterocycles. The molecule has 0 aliphatic carbocycles. The van der Waals surface area contributed by atoms with Crippen LogP contribution in [0, 0.1) is 6.92 Å². The van der Waals surface area contributed by atoms with Crippen LogP contribution in [-0.4, -0.2) is 19.1 Å². The summed E-state index contributed by atoms with van der Waals surface area (Å²) in [6.45, 7) is 1.99. The quantitative estimate of drug-likeness (QED) is 0.903. The molecule has 17 heavy (non-hydrogen) atoms. The highest BCUT2D eigenvalue weighted by atomic mass is 32.1. The minimum Gasteiger partial charge on any atom is -0.496 e. The van der Waals surface area contributed by atoms with E-state index in [1.165, 1.54) is 10.4 Å². The zero-order valence-electron chi connectivity index (χ0n) is 10.2. The van der Waals surface area contributed by atoms with Crippen molar-refractivity contribution < 1.29 is 4.74 Å². The van der Waals surface area contributed by atoms with Gasteiger partial charge < -0.3 is 10.1 Å². The second-order valence-electron chi connectivity index (χ2n) is 3.84. The lowest BCUT2D eigenvalue weighted by Gasteiger charge is -2.14. The lowest BCUT2D eigenvalue weighted by molar-refractivity contribution is 0.416.